The van der Waals surface area contributed by atoms with Crippen molar-refractivity contribution in [1.82, 2.24) is 10.6 Å². The van der Waals surface area contributed by atoms with Crippen molar-refractivity contribution in [1.29, 1.82) is 0 Å². The van der Waals surface area contributed by atoms with Crippen LogP contribution in [0.5, 0.6) is 0 Å². The first-order valence-electron chi connectivity index (χ1n) is 8.44. The van der Waals surface area contributed by atoms with E-state index in [2.05, 4.69) is 66.6 Å². The van der Waals surface area contributed by atoms with Crippen molar-refractivity contribution >= 4 is 17.7 Å². The van der Waals surface area contributed by atoms with Gasteiger partial charge in [-0.15, -0.1) is 0 Å². The Bertz CT molecular complexity index is 508. The van der Waals surface area contributed by atoms with Gasteiger partial charge in [0, 0.05) is 23.3 Å². The molecule has 2 N–H and O–H groups in total. The number of nitrogens with one attached hydrogen (secondary N) is 2. The summed E-state index contributed by atoms with van der Waals surface area (Å²) in [5, 5.41) is 7.01. The van der Waals surface area contributed by atoms with Gasteiger partial charge >= 0.3 is 0 Å². The number of guanidine groups is 1. The number of hydrogen-bond acceptors (Lipinski definition) is 2. The van der Waals surface area contributed by atoms with Gasteiger partial charge in [-0.2, -0.15) is 11.8 Å². The summed E-state index contributed by atoms with van der Waals surface area (Å²) >= 11 is 2.07. The quantitative estimate of drug-likeness (QED) is 0.645. The summed E-state index contributed by atoms with van der Waals surface area (Å²) in [6.07, 6.45) is 3.83. The SMILES string of the molecule is CCNC(=NCC1(C)CCCS1)NC1CC1c1ccccc1. The summed E-state index contributed by atoms with van der Waals surface area (Å²) in [6.45, 7) is 6.31. The molecule has 0 spiro atoms. The van der Waals surface area contributed by atoms with Crippen molar-refractivity contribution in [2.75, 3.05) is 18.8 Å². The summed E-state index contributed by atoms with van der Waals surface area (Å²) in [5.41, 5.74) is 1.44. The third-order valence-corrected chi connectivity index (χ3v) is 6.08. The lowest BCUT2D eigenvalue weighted by Crippen LogP contribution is -2.40. The lowest BCUT2D eigenvalue weighted by atomic mass is 10.1. The van der Waals surface area contributed by atoms with Gasteiger partial charge in [0.05, 0.1) is 6.54 Å². The second-order valence-electron chi connectivity index (χ2n) is 6.60. The van der Waals surface area contributed by atoms with Crippen molar-refractivity contribution in [3.63, 3.8) is 0 Å². The molecule has 4 heteroatoms. The summed E-state index contributed by atoms with van der Waals surface area (Å²) < 4.78 is 0.338. The van der Waals surface area contributed by atoms with Gasteiger partial charge in [0.15, 0.2) is 5.96 Å². The topological polar surface area (TPSA) is 36.4 Å². The molecule has 1 aromatic carbocycles. The van der Waals surface area contributed by atoms with Gasteiger partial charge in [-0.05, 0) is 44.4 Å². The molecule has 0 aromatic heterocycles. The Hall–Kier alpha value is -1.16. The molecular weight excluding hydrogens is 290 g/mol. The zero-order valence-corrected chi connectivity index (χ0v) is 14.5. The van der Waals surface area contributed by atoms with Crippen LogP contribution in [-0.4, -0.2) is 35.6 Å². The van der Waals surface area contributed by atoms with Crippen LogP contribution in [0.4, 0.5) is 0 Å². The van der Waals surface area contributed by atoms with Crippen LogP contribution in [0.15, 0.2) is 35.3 Å². The Morgan fingerprint density at radius 3 is 2.86 bits per heavy atom. The lowest BCUT2D eigenvalue weighted by Gasteiger charge is -2.21. The first-order valence-corrected chi connectivity index (χ1v) is 9.42. The molecule has 0 radical (unpaired) electrons. The van der Waals surface area contributed by atoms with Crippen molar-refractivity contribution in [3.05, 3.63) is 35.9 Å². The van der Waals surface area contributed by atoms with Gasteiger partial charge < -0.3 is 10.6 Å². The van der Waals surface area contributed by atoms with Crippen LogP contribution in [0, 0.1) is 0 Å². The predicted molar refractivity (Wildman–Crippen MR) is 96.8 cm³/mol. The highest BCUT2D eigenvalue weighted by Crippen LogP contribution is 2.41. The molecule has 120 valence electrons. The molecule has 3 nitrogen and oxygen atoms in total. The van der Waals surface area contributed by atoms with Crippen molar-refractivity contribution in [3.8, 4) is 0 Å². The second-order valence-corrected chi connectivity index (χ2v) is 8.28. The first-order chi connectivity index (χ1) is 10.7. The molecule has 3 atom stereocenters. The number of aliphatic imine (C=N–C) groups is 1. The fourth-order valence-electron chi connectivity index (χ4n) is 3.13. The summed E-state index contributed by atoms with van der Waals surface area (Å²) in [5.74, 6) is 2.91. The molecule has 1 aromatic rings. The lowest BCUT2D eigenvalue weighted by molar-refractivity contribution is 0.614. The Kier molecular flexibility index (Phi) is 4.97. The van der Waals surface area contributed by atoms with Crippen LogP contribution in [0.2, 0.25) is 0 Å². The van der Waals surface area contributed by atoms with E-state index >= 15 is 0 Å². The Morgan fingerprint density at radius 2 is 2.18 bits per heavy atom. The number of thioether (sulfide) groups is 1. The zero-order chi connectivity index (χ0) is 15.4. The Morgan fingerprint density at radius 1 is 1.36 bits per heavy atom. The largest absolute Gasteiger partial charge is 0.357 e. The van der Waals surface area contributed by atoms with E-state index in [0.29, 0.717) is 16.7 Å². The maximum atomic E-state index is 4.85. The minimum Gasteiger partial charge on any atom is -0.357 e. The third kappa shape index (κ3) is 3.97. The van der Waals surface area contributed by atoms with Gasteiger partial charge in [0.25, 0.3) is 0 Å². The molecule has 1 heterocycles. The van der Waals surface area contributed by atoms with E-state index in [1.165, 1.54) is 30.6 Å². The molecule has 1 saturated carbocycles. The number of nitrogens with zero attached hydrogens (tertiary/aromatic N) is 1. The van der Waals surface area contributed by atoms with E-state index in [9.17, 15) is 0 Å². The molecule has 22 heavy (non-hydrogen) atoms. The minimum absolute atomic E-state index is 0.338. The van der Waals surface area contributed by atoms with Gasteiger partial charge in [0.2, 0.25) is 0 Å². The van der Waals surface area contributed by atoms with E-state index in [4.69, 9.17) is 4.99 Å². The van der Waals surface area contributed by atoms with Crippen LogP contribution in [0.1, 0.15) is 44.6 Å². The maximum Gasteiger partial charge on any atom is 0.191 e. The summed E-state index contributed by atoms with van der Waals surface area (Å²) in [6, 6.07) is 11.3. The second kappa shape index (κ2) is 6.95. The van der Waals surface area contributed by atoms with Crippen LogP contribution >= 0.6 is 11.8 Å². The molecule has 0 amide bonds. The zero-order valence-electron chi connectivity index (χ0n) is 13.6. The van der Waals surface area contributed by atoms with Crippen molar-refractivity contribution in [2.24, 2.45) is 4.99 Å². The molecule has 1 saturated heterocycles. The van der Waals surface area contributed by atoms with Crippen molar-refractivity contribution in [2.45, 2.75) is 49.8 Å². The standard InChI is InChI=1S/C18H27N3S/c1-3-19-17(20-13-18(2)10-7-11-22-18)21-16-12-15(16)14-8-5-4-6-9-14/h4-6,8-9,15-16H,3,7,10-13H2,1-2H3,(H2,19,20,21). The van der Waals surface area contributed by atoms with E-state index < -0.39 is 0 Å². The molecular formula is C18H27N3S. The van der Waals surface area contributed by atoms with E-state index in [-0.39, 0.29) is 0 Å². The van der Waals surface area contributed by atoms with E-state index in [1.54, 1.807) is 0 Å². The Labute approximate surface area is 138 Å². The number of rotatable bonds is 5. The molecule has 2 fully saturated rings. The normalized spacial score (nSPS) is 31.1. The number of benzene rings is 1. The average molecular weight is 318 g/mol. The van der Waals surface area contributed by atoms with Crippen LogP contribution < -0.4 is 10.6 Å². The molecule has 0 bridgehead atoms. The highest BCUT2D eigenvalue weighted by atomic mass is 32.2. The summed E-state index contributed by atoms with van der Waals surface area (Å²) in [7, 11) is 0. The highest BCUT2D eigenvalue weighted by Gasteiger charge is 2.39. The van der Waals surface area contributed by atoms with E-state index in [1.807, 2.05) is 0 Å². The Balaban J connectivity index is 1.56. The highest BCUT2D eigenvalue weighted by molar-refractivity contribution is 8.00. The third-order valence-electron chi connectivity index (χ3n) is 4.56. The molecule has 1 aliphatic carbocycles. The molecule has 2 aliphatic rings. The fraction of sp³-hybridized carbons (Fsp3) is 0.611. The first kappa shape index (κ1) is 15.7. The molecule has 1 aliphatic heterocycles. The molecule has 3 rings (SSSR count). The van der Waals surface area contributed by atoms with Gasteiger partial charge in [-0.25, -0.2) is 0 Å². The summed E-state index contributed by atoms with van der Waals surface area (Å²) in [4.78, 5) is 4.85. The number of hydrogen-bond donors (Lipinski definition) is 2. The van der Waals surface area contributed by atoms with Crippen molar-refractivity contribution < 1.29 is 0 Å². The van der Waals surface area contributed by atoms with Gasteiger partial charge in [0.1, 0.15) is 0 Å². The predicted octanol–water partition coefficient (Wildman–Crippen LogP) is 3.38. The van der Waals surface area contributed by atoms with Crippen LogP contribution in [0.25, 0.3) is 0 Å². The fourth-order valence-corrected chi connectivity index (χ4v) is 4.35. The van der Waals surface area contributed by atoms with Gasteiger partial charge in [-0.1, -0.05) is 30.3 Å². The van der Waals surface area contributed by atoms with Gasteiger partial charge in [-0.3, -0.25) is 4.99 Å². The van der Waals surface area contributed by atoms with Crippen LogP contribution in [0.3, 0.4) is 0 Å². The average Bonchev–Trinajstić information content (AvgIpc) is 3.17. The monoisotopic (exact) mass is 317 g/mol. The maximum absolute atomic E-state index is 4.85. The smallest absolute Gasteiger partial charge is 0.191 e. The van der Waals surface area contributed by atoms with Crippen LogP contribution in [-0.2, 0) is 0 Å². The minimum atomic E-state index is 0.338. The van der Waals surface area contributed by atoms with E-state index in [0.717, 1.165) is 19.0 Å². The molecule has 3 unspecified atom stereocenters.